The van der Waals surface area contributed by atoms with Crippen molar-refractivity contribution in [3.8, 4) is 0 Å². The van der Waals surface area contributed by atoms with E-state index in [9.17, 15) is 4.79 Å². The molecule has 3 nitrogen and oxygen atoms in total. The second-order valence-electron chi connectivity index (χ2n) is 7.56. The second kappa shape index (κ2) is 8.31. The Bertz CT molecular complexity index is 499. The van der Waals surface area contributed by atoms with Crippen LogP contribution in [0, 0.1) is 0 Å². The Labute approximate surface area is 146 Å². The van der Waals surface area contributed by atoms with Gasteiger partial charge in [-0.3, -0.25) is 4.79 Å². The summed E-state index contributed by atoms with van der Waals surface area (Å²) in [5, 5.41) is 3.13. The Hall–Kier alpha value is -0.843. The van der Waals surface area contributed by atoms with Crippen molar-refractivity contribution in [3.63, 3.8) is 0 Å². The third-order valence-corrected chi connectivity index (χ3v) is 9.41. The fourth-order valence-corrected chi connectivity index (χ4v) is 3.68. The average molecular weight is 356 g/mol. The molecule has 23 heavy (non-hydrogen) atoms. The van der Waals surface area contributed by atoms with Crippen molar-refractivity contribution in [3.05, 3.63) is 35.9 Å². The maximum absolute atomic E-state index is 12.3. The lowest BCUT2D eigenvalue weighted by Crippen LogP contribution is -2.45. The highest BCUT2D eigenvalue weighted by Crippen LogP contribution is 2.37. The molecular formula is C18H30ClNO2Si. The Balaban J connectivity index is 2.60. The maximum atomic E-state index is 12.3. The van der Waals surface area contributed by atoms with E-state index >= 15 is 0 Å². The summed E-state index contributed by atoms with van der Waals surface area (Å²) in [5.41, 5.74) is 1.09. The van der Waals surface area contributed by atoms with Crippen LogP contribution in [0.2, 0.25) is 18.1 Å². The first-order chi connectivity index (χ1) is 10.6. The van der Waals surface area contributed by atoms with Gasteiger partial charge in [-0.1, -0.05) is 51.1 Å². The van der Waals surface area contributed by atoms with Gasteiger partial charge < -0.3 is 9.74 Å². The molecule has 2 atom stereocenters. The Kier molecular flexibility index (Phi) is 7.30. The maximum Gasteiger partial charge on any atom is 0.223 e. The molecule has 1 amide bonds. The summed E-state index contributed by atoms with van der Waals surface area (Å²) in [6.45, 7) is 12.9. The summed E-state index contributed by atoms with van der Waals surface area (Å²) in [4.78, 5) is 12.3. The first-order valence-electron chi connectivity index (χ1n) is 8.15. The minimum atomic E-state index is -1.92. The van der Waals surface area contributed by atoms with Gasteiger partial charge in [0, 0.05) is 5.88 Å². The van der Waals surface area contributed by atoms with Crippen molar-refractivity contribution in [1.82, 2.24) is 5.32 Å². The van der Waals surface area contributed by atoms with Gasteiger partial charge >= 0.3 is 0 Å². The first kappa shape index (κ1) is 20.2. The van der Waals surface area contributed by atoms with Crippen LogP contribution in [0.1, 0.15) is 45.7 Å². The zero-order chi connectivity index (χ0) is 17.7. The van der Waals surface area contributed by atoms with E-state index in [-0.39, 0.29) is 23.1 Å². The number of benzene rings is 1. The Morgan fingerprint density at radius 3 is 2.30 bits per heavy atom. The highest BCUT2D eigenvalue weighted by atomic mass is 35.5. The van der Waals surface area contributed by atoms with Crippen molar-refractivity contribution >= 4 is 25.8 Å². The molecule has 1 rings (SSSR count). The van der Waals surface area contributed by atoms with Gasteiger partial charge in [-0.15, -0.1) is 11.6 Å². The van der Waals surface area contributed by atoms with Crippen molar-refractivity contribution in [2.45, 2.75) is 64.4 Å². The predicted octanol–water partition coefficient (Wildman–Crippen LogP) is 4.88. The number of alkyl halides is 1. The topological polar surface area (TPSA) is 38.3 Å². The SMILES string of the molecule is C[C@H](NC(=O)C[C@@H](CCl)O[Si](C)(C)C(C)(C)C)c1ccccc1. The fourth-order valence-electron chi connectivity index (χ4n) is 2.05. The lowest BCUT2D eigenvalue weighted by molar-refractivity contribution is -0.123. The van der Waals surface area contributed by atoms with Crippen LogP contribution in [0.3, 0.4) is 0 Å². The van der Waals surface area contributed by atoms with Crippen molar-refractivity contribution in [2.24, 2.45) is 0 Å². The zero-order valence-corrected chi connectivity index (χ0v) is 16.9. The molecule has 0 aliphatic rings. The van der Waals surface area contributed by atoms with Gasteiger partial charge in [-0.25, -0.2) is 0 Å². The van der Waals surface area contributed by atoms with Gasteiger partial charge in [0.05, 0.1) is 18.6 Å². The molecule has 0 saturated carbocycles. The van der Waals surface area contributed by atoms with Crippen LogP contribution in [0.25, 0.3) is 0 Å². The molecule has 0 spiro atoms. The van der Waals surface area contributed by atoms with Crippen molar-refractivity contribution in [2.75, 3.05) is 5.88 Å². The molecular weight excluding hydrogens is 326 g/mol. The van der Waals surface area contributed by atoms with Gasteiger partial charge in [-0.05, 0) is 30.6 Å². The summed E-state index contributed by atoms with van der Waals surface area (Å²) in [6.07, 6.45) is 0.0632. The van der Waals surface area contributed by atoms with Crippen molar-refractivity contribution < 1.29 is 9.22 Å². The Morgan fingerprint density at radius 2 is 1.83 bits per heavy atom. The van der Waals surface area contributed by atoms with Crippen LogP contribution in [-0.4, -0.2) is 26.2 Å². The smallest absolute Gasteiger partial charge is 0.223 e. The number of hydrogen-bond acceptors (Lipinski definition) is 2. The van der Waals surface area contributed by atoms with E-state index in [1.54, 1.807) is 0 Å². The number of hydrogen-bond donors (Lipinski definition) is 1. The number of carbonyl (C=O) groups is 1. The van der Waals surface area contributed by atoms with Gasteiger partial charge in [-0.2, -0.15) is 0 Å². The summed E-state index contributed by atoms with van der Waals surface area (Å²) < 4.78 is 6.26. The third kappa shape index (κ3) is 6.28. The molecule has 1 aromatic carbocycles. The molecule has 0 heterocycles. The van der Waals surface area contributed by atoms with Crippen LogP contribution in [0.4, 0.5) is 0 Å². The van der Waals surface area contributed by atoms with Crippen LogP contribution < -0.4 is 5.32 Å². The molecule has 0 fully saturated rings. The summed E-state index contributed by atoms with van der Waals surface area (Å²) in [6, 6.07) is 9.91. The van der Waals surface area contributed by atoms with E-state index in [0.29, 0.717) is 12.3 Å². The molecule has 0 saturated heterocycles. The van der Waals surface area contributed by atoms with Gasteiger partial charge in [0.25, 0.3) is 0 Å². The number of nitrogens with one attached hydrogen (secondary N) is 1. The predicted molar refractivity (Wildman–Crippen MR) is 100 cm³/mol. The highest BCUT2D eigenvalue weighted by molar-refractivity contribution is 6.74. The van der Waals surface area contributed by atoms with Gasteiger partial charge in [0.2, 0.25) is 5.91 Å². The molecule has 0 unspecified atom stereocenters. The number of carbonyl (C=O) groups excluding carboxylic acids is 1. The van der Waals surface area contributed by atoms with Gasteiger partial charge in [0.15, 0.2) is 8.32 Å². The largest absolute Gasteiger partial charge is 0.412 e. The molecule has 130 valence electrons. The molecule has 0 aliphatic carbocycles. The number of amides is 1. The van der Waals surface area contributed by atoms with Crippen LogP contribution in [0.5, 0.6) is 0 Å². The lowest BCUT2D eigenvalue weighted by Gasteiger charge is -2.38. The quantitative estimate of drug-likeness (QED) is 0.559. The molecule has 0 radical (unpaired) electrons. The number of halogens is 1. The summed E-state index contributed by atoms with van der Waals surface area (Å²) >= 11 is 6.04. The third-order valence-electron chi connectivity index (χ3n) is 4.53. The van der Waals surface area contributed by atoms with E-state index in [2.05, 4.69) is 39.2 Å². The number of rotatable bonds is 7. The molecule has 0 aliphatic heterocycles. The fraction of sp³-hybridized carbons (Fsp3) is 0.611. The van der Waals surface area contributed by atoms with Crippen LogP contribution in [0.15, 0.2) is 30.3 Å². The minimum Gasteiger partial charge on any atom is -0.412 e. The lowest BCUT2D eigenvalue weighted by atomic mass is 10.1. The Morgan fingerprint density at radius 1 is 1.26 bits per heavy atom. The van der Waals surface area contributed by atoms with Crippen LogP contribution >= 0.6 is 11.6 Å². The monoisotopic (exact) mass is 355 g/mol. The zero-order valence-electron chi connectivity index (χ0n) is 15.2. The summed E-state index contributed by atoms with van der Waals surface area (Å²) in [7, 11) is -1.92. The van der Waals surface area contributed by atoms with E-state index in [1.807, 2.05) is 37.3 Å². The molecule has 0 bridgehead atoms. The molecule has 1 N–H and O–H groups in total. The minimum absolute atomic E-state index is 0.0208. The highest BCUT2D eigenvalue weighted by Gasteiger charge is 2.39. The van der Waals surface area contributed by atoms with Crippen LogP contribution in [-0.2, 0) is 9.22 Å². The molecule has 1 aromatic rings. The van der Waals surface area contributed by atoms with E-state index in [4.69, 9.17) is 16.0 Å². The van der Waals surface area contributed by atoms with Crippen molar-refractivity contribution in [1.29, 1.82) is 0 Å². The van der Waals surface area contributed by atoms with Gasteiger partial charge in [0.1, 0.15) is 0 Å². The normalized spacial score (nSPS) is 15.1. The first-order valence-corrected chi connectivity index (χ1v) is 11.6. The second-order valence-corrected chi connectivity index (χ2v) is 12.6. The average Bonchev–Trinajstić information content (AvgIpc) is 2.45. The molecule has 5 heteroatoms. The summed E-state index contributed by atoms with van der Waals surface area (Å²) in [5.74, 6) is 0.310. The standard InChI is InChI=1S/C18H30ClNO2Si/c1-14(15-10-8-7-9-11-15)20-17(21)12-16(13-19)22-23(5,6)18(2,3)4/h7-11,14,16H,12-13H2,1-6H3,(H,20,21)/t14-,16-/m0/s1. The van der Waals surface area contributed by atoms with E-state index in [0.717, 1.165) is 5.56 Å². The molecule has 0 aromatic heterocycles. The van der Waals surface area contributed by atoms with E-state index in [1.165, 1.54) is 0 Å². The van der Waals surface area contributed by atoms with E-state index < -0.39 is 8.32 Å².